The van der Waals surface area contributed by atoms with Gasteiger partial charge in [-0.15, -0.1) is 0 Å². The van der Waals surface area contributed by atoms with E-state index in [9.17, 15) is 14.4 Å². The van der Waals surface area contributed by atoms with E-state index in [1.54, 1.807) is 68.4 Å². The van der Waals surface area contributed by atoms with Crippen molar-refractivity contribution in [2.75, 3.05) is 13.2 Å². The van der Waals surface area contributed by atoms with Crippen LogP contribution in [0.15, 0.2) is 59.0 Å². The molecule has 6 nitrogen and oxygen atoms in total. The normalized spacial score (nSPS) is 10.5. The van der Waals surface area contributed by atoms with Gasteiger partial charge >= 0.3 is 11.9 Å². The van der Waals surface area contributed by atoms with Gasteiger partial charge in [-0.05, 0) is 38.1 Å². The molecule has 0 saturated heterocycles. The van der Waals surface area contributed by atoms with E-state index in [0.29, 0.717) is 16.1 Å². The van der Waals surface area contributed by atoms with Gasteiger partial charge in [-0.25, -0.2) is 9.59 Å². The molecule has 1 aromatic heterocycles. The maximum Gasteiger partial charge on any atom is 0.375 e. The van der Waals surface area contributed by atoms with Gasteiger partial charge in [0.05, 0.1) is 18.8 Å². The smallest absolute Gasteiger partial charge is 0.375 e. The van der Waals surface area contributed by atoms with E-state index in [2.05, 4.69) is 0 Å². The first-order valence-corrected chi connectivity index (χ1v) is 9.72. The van der Waals surface area contributed by atoms with E-state index < -0.39 is 17.7 Å². The Morgan fingerprint density at radius 1 is 0.833 bits per heavy atom. The van der Waals surface area contributed by atoms with Gasteiger partial charge in [-0.3, -0.25) is 4.79 Å². The summed E-state index contributed by atoms with van der Waals surface area (Å²) in [6.07, 6.45) is 0. The lowest BCUT2D eigenvalue weighted by Crippen LogP contribution is -2.16. The van der Waals surface area contributed by atoms with E-state index in [1.807, 2.05) is 0 Å². The Morgan fingerprint density at radius 2 is 1.43 bits per heavy atom. The van der Waals surface area contributed by atoms with Crippen molar-refractivity contribution in [1.82, 2.24) is 0 Å². The lowest BCUT2D eigenvalue weighted by atomic mass is 9.96. The van der Waals surface area contributed by atoms with E-state index in [1.165, 1.54) is 0 Å². The lowest BCUT2D eigenvalue weighted by molar-refractivity contribution is 0.0452. The number of esters is 2. The van der Waals surface area contributed by atoms with Crippen LogP contribution in [0, 0.1) is 0 Å². The maximum absolute atomic E-state index is 13.4. The number of hydrogen-bond acceptors (Lipinski definition) is 6. The summed E-state index contributed by atoms with van der Waals surface area (Å²) in [5.74, 6) is -2.50. The van der Waals surface area contributed by atoms with Crippen molar-refractivity contribution >= 4 is 29.3 Å². The third kappa shape index (κ3) is 4.28. The third-order valence-corrected chi connectivity index (χ3v) is 4.47. The molecule has 0 fully saturated rings. The molecule has 3 rings (SSSR count). The minimum atomic E-state index is -0.858. The Morgan fingerprint density at radius 3 is 2.03 bits per heavy atom. The number of ketones is 1. The Labute approximate surface area is 178 Å². The fourth-order valence-electron chi connectivity index (χ4n) is 2.92. The molecule has 0 N–H and O–H groups in total. The SMILES string of the molecule is CCOC(=O)c1oc(-c2ccc(Cl)cc2)c(C(=O)c2ccccc2)c1C(=O)OCC. The Balaban J connectivity index is 2.30. The number of carbonyl (C=O) groups is 3. The Hall–Kier alpha value is -3.38. The standard InChI is InChI=1S/C23H19ClO6/c1-3-28-22(26)18-17(19(25)14-8-6-5-7-9-14)20(15-10-12-16(24)13-11-15)30-21(18)23(27)29-4-2/h5-13H,3-4H2,1-2H3. The summed E-state index contributed by atoms with van der Waals surface area (Å²) in [6.45, 7) is 3.38. The Kier molecular flexibility index (Phi) is 6.69. The van der Waals surface area contributed by atoms with Gasteiger partial charge < -0.3 is 13.9 Å². The van der Waals surface area contributed by atoms with E-state index in [0.717, 1.165) is 0 Å². The van der Waals surface area contributed by atoms with Crippen LogP contribution in [0.4, 0.5) is 0 Å². The van der Waals surface area contributed by atoms with Crippen LogP contribution < -0.4 is 0 Å². The quantitative estimate of drug-likeness (QED) is 0.382. The molecule has 7 heteroatoms. The molecule has 0 unspecified atom stereocenters. The monoisotopic (exact) mass is 426 g/mol. The van der Waals surface area contributed by atoms with Crippen LogP contribution in [-0.2, 0) is 9.47 Å². The van der Waals surface area contributed by atoms with Crippen LogP contribution in [0.3, 0.4) is 0 Å². The fraction of sp³-hybridized carbons (Fsp3) is 0.174. The molecule has 2 aromatic carbocycles. The number of furan rings is 1. The van der Waals surface area contributed by atoms with Crippen LogP contribution >= 0.6 is 11.6 Å². The summed E-state index contributed by atoms with van der Waals surface area (Å²) in [5.41, 5.74) is 0.480. The highest BCUT2D eigenvalue weighted by atomic mass is 35.5. The van der Waals surface area contributed by atoms with Crippen molar-refractivity contribution in [2.45, 2.75) is 13.8 Å². The van der Waals surface area contributed by atoms with Gasteiger partial charge in [0.2, 0.25) is 5.76 Å². The van der Waals surface area contributed by atoms with Crippen LogP contribution in [-0.4, -0.2) is 30.9 Å². The zero-order valence-corrected chi connectivity index (χ0v) is 17.2. The molecular formula is C23H19ClO6. The first-order chi connectivity index (χ1) is 14.5. The summed E-state index contributed by atoms with van der Waals surface area (Å²) < 4.78 is 15.9. The summed E-state index contributed by atoms with van der Waals surface area (Å²) in [7, 11) is 0. The first kappa shape index (κ1) is 21.3. The number of hydrogen-bond donors (Lipinski definition) is 0. The molecule has 3 aromatic rings. The second-order valence-corrected chi connectivity index (χ2v) is 6.59. The van der Waals surface area contributed by atoms with Gasteiger partial charge in [0, 0.05) is 16.1 Å². The number of halogens is 1. The van der Waals surface area contributed by atoms with Gasteiger partial charge in [0.15, 0.2) is 5.78 Å². The second-order valence-electron chi connectivity index (χ2n) is 6.15. The molecule has 154 valence electrons. The highest BCUT2D eigenvalue weighted by Crippen LogP contribution is 2.35. The molecule has 30 heavy (non-hydrogen) atoms. The van der Waals surface area contributed by atoms with Crippen LogP contribution in [0.1, 0.15) is 50.7 Å². The van der Waals surface area contributed by atoms with Crippen molar-refractivity contribution in [1.29, 1.82) is 0 Å². The van der Waals surface area contributed by atoms with Crippen LogP contribution in [0.5, 0.6) is 0 Å². The molecule has 0 spiro atoms. The number of rotatable bonds is 7. The molecule has 0 amide bonds. The summed E-state index contributed by atoms with van der Waals surface area (Å²) in [5, 5.41) is 0.484. The van der Waals surface area contributed by atoms with Crippen molar-refractivity contribution in [3.8, 4) is 11.3 Å². The van der Waals surface area contributed by atoms with Crippen molar-refractivity contribution in [3.63, 3.8) is 0 Å². The topological polar surface area (TPSA) is 82.8 Å². The van der Waals surface area contributed by atoms with Crippen molar-refractivity contribution < 1.29 is 28.3 Å². The van der Waals surface area contributed by atoms with E-state index >= 15 is 0 Å². The molecule has 0 aliphatic heterocycles. The third-order valence-electron chi connectivity index (χ3n) is 4.22. The Bertz CT molecular complexity index is 1070. The predicted octanol–water partition coefficient (Wildman–Crippen LogP) is 5.18. The highest BCUT2D eigenvalue weighted by molar-refractivity contribution is 6.30. The molecule has 0 atom stereocenters. The van der Waals surface area contributed by atoms with Gasteiger partial charge in [0.1, 0.15) is 11.3 Å². The molecular weight excluding hydrogens is 408 g/mol. The number of carbonyl (C=O) groups excluding carboxylic acids is 3. The molecule has 0 aliphatic rings. The minimum absolute atomic E-state index is 0.0571. The van der Waals surface area contributed by atoms with Crippen LogP contribution in [0.25, 0.3) is 11.3 Å². The van der Waals surface area contributed by atoms with Gasteiger partial charge in [0.25, 0.3) is 0 Å². The highest BCUT2D eigenvalue weighted by Gasteiger charge is 2.35. The maximum atomic E-state index is 13.4. The summed E-state index contributed by atoms with van der Waals surface area (Å²) in [4.78, 5) is 38.7. The molecule has 0 aliphatic carbocycles. The average molecular weight is 427 g/mol. The van der Waals surface area contributed by atoms with Crippen molar-refractivity contribution in [3.05, 3.63) is 82.1 Å². The molecule has 0 radical (unpaired) electrons. The molecule has 0 saturated carbocycles. The number of benzene rings is 2. The lowest BCUT2D eigenvalue weighted by Gasteiger charge is -2.06. The largest absolute Gasteiger partial charge is 0.462 e. The van der Waals surface area contributed by atoms with Gasteiger partial charge in [-0.1, -0.05) is 41.9 Å². The minimum Gasteiger partial charge on any atom is -0.462 e. The summed E-state index contributed by atoms with van der Waals surface area (Å²) in [6, 6.07) is 14.9. The molecule has 1 heterocycles. The van der Waals surface area contributed by atoms with Crippen LogP contribution in [0.2, 0.25) is 5.02 Å². The van der Waals surface area contributed by atoms with Crippen molar-refractivity contribution in [2.24, 2.45) is 0 Å². The van der Waals surface area contributed by atoms with E-state index in [4.69, 9.17) is 25.5 Å². The fourth-order valence-corrected chi connectivity index (χ4v) is 3.05. The zero-order valence-electron chi connectivity index (χ0n) is 16.4. The van der Waals surface area contributed by atoms with E-state index in [-0.39, 0.29) is 35.9 Å². The molecule has 0 bridgehead atoms. The summed E-state index contributed by atoms with van der Waals surface area (Å²) >= 11 is 5.97. The average Bonchev–Trinajstić information content (AvgIpc) is 3.15. The van der Waals surface area contributed by atoms with Gasteiger partial charge in [-0.2, -0.15) is 0 Å². The predicted molar refractivity (Wildman–Crippen MR) is 111 cm³/mol. The zero-order chi connectivity index (χ0) is 21.7. The second kappa shape index (κ2) is 9.41. The first-order valence-electron chi connectivity index (χ1n) is 9.34. The number of ether oxygens (including phenoxy) is 2.